The molecule has 0 atom stereocenters. The van der Waals surface area contributed by atoms with Crippen LogP contribution in [0, 0.1) is 18.8 Å². The quantitative estimate of drug-likeness (QED) is 0.850. The fraction of sp³-hybridized carbons (Fsp3) is 0.188. The third-order valence-corrected chi connectivity index (χ3v) is 3.87. The third-order valence-electron chi connectivity index (χ3n) is 2.72. The molecule has 1 aromatic heterocycles. The topological polar surface area (TPSA) is 49.3 Å². The van der Waals surface area contributed by atoms with Crippen LogP contribution in [0.3, 0.4) is 0 Å². The molecule has 20 heavy (non-hydrogen) atoms. The van der Waals surface area contributed by atoms with Gasteiger partial charge in [-0.3, -0.25) is 4.79 Å². The van der Waals surface area contributed by atoms with Crippen molar-refractivity contribution in [3.8, 4) is 11.8 Å². The van der Waals surface area contributed by atoms with Gasteiger partial charge in [-0.1, -0.05) is 42.2 Å². The summed E-state index contributed by atoms with van der Waals surface area (Å²) in [4.78, 5) is 13.5. The molecule has 4 heteroatoms. The van der Waals surface area contributed by atoms with E-state index >= 15 is 0 Å². The molecule has 1 amide bonds. The fourth-order valence-electron chi connectivity index (χ4n) is 1.70. The smallest absolute Gasteiger partial charge is 0.261 e. The molecule has 0 unspecified atom stereocenters. The van der Waals surface area contributed by atoms with Crippen LogP contribution in [0.4, 0.5) is 0 Å². The molecular weight excluding hydrogens is 270 g/mol. The summed E-state index contributed by atoms with van der Waals surface area (Å²) < 4.78 is 0. The van der Waals surface area contributed by atoms with Crippen LogP contribution in [0.15, 0.2) is 36.4 Å². The fourth-order valence-corrected chi connectivity index (χ4v) is 2.67. The number of hydrogen-bond acceptors (Lipinski definition) is 3. The zero-order chi connectivity index (χ0) is 14.4. The highest BCUT2D eigenvalue weighted by atomic mass is 32.1. The zero-order valence-electron chi connectivity index (χ0n) is 11.1. The first kappa shape index (κ1) is 14.3. The van der Waals surface area contributed by atoms with E-state index in [1.807, 2.05) is 43.3 Å². The number of nitrogens with one attached hydrogen (secondary N) is 1. The molecule has 0 spiro atoms. The summed E-state index contributed by atoms with van der Waals surface area (Å²) in [6, 6.07) is 11.6. The number of thiophene rings is 1. The summed E-state index contributed by atoms with van der Waals surface area (Å²) in [6.07, 6.45) is 0. The Labute approximate surface area is 122 Å². The molecule has 1 heterocycles. The lowest BCUT2D eigenvalue weighted by atomic mass is 10.2. The molecule has 0 saturated carbocycles. The first-order chi connectivity index (χ1) is 9.70. The first-order valence-electron chi connectivity index (χ1n) is 6.23. The van der Waals surface area contributed by atoms with Crippen LogP contribution in [0.5, 0.6) is 0 Å². The van der Waals surface area contributed by atoms with Gasteiger partial charge in [0.2, 0.25) is 0 Å². The Kier molecular flexibility index (Phi) is 4.94. The zero-order valence-corrected chi connectivity index (χ0v) is 12.0. The highest BCUT2D eigenvalue weighted by Crippen LogP contribution is 2.20. The van der Waals surface area contributed by atoms with Gasteiger partial charge in [-0.2, -0.15) is 0 Å². The molecule has 1 aromatic carbocycles. The van der Waals surface area contributed by atoms with Crippen molar-refractivity contribution in [1.29, 1.82) is 0 Å². The van der Waals surface area contributed by atoms with Gasteiger partial charge in [0.15, 0.2) is 0 Å². The van der Waals surface area contributed by atoms with Crippen molar-refractivity contribution in [2.24, 2.45) is 0 Å². The van der Waals surface area contributed by atoms with E-state index in [1.165, 1.54) is 11.3 Å². The van der Waals surface area contributed by atoms with Crippen molar-refractivity contribution in [1.82, 2.24) is 5.32 Å². The van der Waals surface area contributed by atoms with E-state index in [2.05, 4.69) is 17.2 Å². The average Bonchev–Trinajstić information content (AvgIpc) is 2.85. The van der Waals surface area contributed by atoms with Gasteiger partial charge in [0.25, 0.3) is 5.91 Å². The number of hydrogen-bond donors (Lipinski definition) is 2. The van der Waals surface area contributed by atoms with Gasteiger partial charge in [0.05, 0.1) is 9.75 Å². The molecule has 0 radical (unpaired) electrons. The molecule has 0 aliphatic carbocycles. The molecule has 0 aliphatic rings. The van der Waals surface area contributed by atoms with Gasteiger partial charge in [-0.25, -0.2) is 0 Å². The summed E-state index contributed by atoms with van der Waals surface area (Å²) in [6.45, 7) is 2.24. The predicted octanol–water partition coefficient (Wildman–Crippen LogP) is 2.33. The Bertz CT molecular complexity index is 650. The molecule has 102 valence electrons. The molecule has 3 nitrogen and oxygen atoms in total. The average molecular weight is 285 g/mol. The maximum atomic E-state index is 12.1. The van der Waals surface area contributed by atoms with Crippen LogP contribution in [0.1, 0.15) is 25.7 Å². The number of amides is 1. The van der Waals surface area contributed by atoms with Crippen LogP contribution in [0.25, 0.3) is 0 Å². The van der Waals surface area contributed by atoms with Gasteiger partial charge in [-0.05, 0) is 24.1 Å². The maximum Gasteiger partial charge on any atom is 0.261 e. The Morgan fingerprint density at radius 3 is 2.80 bits per heavy atom. The lowest BCUT2D eigenvalue weighted by Crippen LogP contribution is -2.21. The molecule has 2 rings (SSSR count). The minimum absolute atomic E-state index is 0.0981. The standard InChI is InChI=1S/C16H15NO2S/c1-12-10-15(20-14(12)8-5-9-18)16(19)17-11-13-6-3-2-4-7-13/h2-4,6-7,10,18H,9,11H2,1H3,(H,17,19). The Morgan fingerprint density at radius 1 is 1.35 bits per heavy atom. The summed E-state index contributed by atoms with van der Waals surface area (Å²) in [5.41, 5.74) is 2.02. The van der Waals surface area contributed by atoms with E-state index in [0.29, 0.717) is 11.4 Å². The Hall–Kier alpha value is -2.09. The molecule has 0 saturated heterocycles. The lowest BCUT2D eigenvalue weighted by molar-refractivity contribution is 0.0955. The maximum absolute atomic E-state index is 12.1. The molecule has 2 aromatic rings. The van der Waals surface area contributed by atoms with E-state index in [4.69, 9.17) is 5.11 Å². The number of aryl methyl sites for hydroxylation is 1. The second-order valence-electron chi connectivity index (χ2n) is 4.25. The number of aliphatic hydroxyl groups is 1. The van der Waals surface area contributed by atoms with Crippen LogP contribution in [-0.2, 0) is 6.54 Å². The Morgan fingerprint density at radius 2 is 2.10 bits per heavy atom. The minimum atomic E-state index is -0.174. The van der Waals surface area contributed by atoms with Crippen molar-refractivity contribution < 1.29 is 9.90 Å². The van der Waals surface area contributed by atoms with Gasteiger partial charge >= 0.3 is 0 Å². The minimum Gasteiger partial charge on any atom is -0.384 e. The second kappa shape index (κ2) is 6.90. The van der Waals surface area contributed by atoms with Crippen LogP contribution in [0.2, 0.25) is 0 Å². The van der Waals surface area contributed by atoms with Gasteiger partial charge in [0.1, 0.15) is 6.61 Å². The van der Waals surface area contributed by atoms with Gasteiger partial charge in [0, 0.05) is 6.54 Å². The van der Waals surface area contributed by atoms with E-state index < -0.39 is 0 Å². The van der Waals surface area contributed by atoms with Crippen molar-refractivity contribution >= 4 is 17.2 Å². The SMILES string of the molecule is Cc1cc(C(=O)NCc2ccccc2)sc1C#CCO. The van der Waals surface area contributed by atoms with E-state index in [-0.39, 0.29) is 12.5 Å². The molecular formula is C16H15NO2S. The van der Waals surface area contributed by atoms with Crippen LogP contribution >= 0.6 is 11.3 Å². The summed E-state index contributed by atoms with van der Waals surface area (Å²) >= 11 is 1.35. The predicted molar refractivity (Wildman–Crippen MR) is 80.6 cm³/mol. The highest BCUT2D eigenvalue weighted by Gasteiger charge is 2.11. The summed E-state index contributed by atoms with van der Waals surface area (Å²) in [5.74, 6) is 5.35. The molecule has 0 bridgehead atoms. The number of benzene rings is 1. The van der Waals surface area contributed by atoms with E-state index in [9.17, 15) is 4.79 Å². The number of rotatable bonds is 3. The van der Waals surface area contributed by atoms with Crippen molar-refractivity contribution in [3.63, 3.8) is 0 Å². The van der Waals surface area contributed by atoms with Crippen molar-refractivity contribution in [3.05, 3.63) is 57.3 Å². The van der Waals surface area contributed by atoms with Gasteiger partial charge in [-0.15, -0.1) is 11.3 Å². The van der Waals surface area contributed by atoms with Gasteiger partial charge < -0.3 is 10.4 Å². The number of carbonyl (C=O) groups is 1. The summed E-state index contributed by atoms with van der Waals surface area (Å²) in [5, 5.41) is 11.6. The normalized spacial score (nSPS) is 9.70. The lowest BCUT2D eigenvalue weighted by Gasteiger charge is -2.03. The second-order valence-corrected chi connectivity index (χ2v) is 5.30. The van der Waals surface area contributed by atoms with Crippen LogP contribution < -0.4 is 5.32 Å². The number of carbonyl (C=O) groups excluding carboxylic acids is 1. The van der Waals surface area contributed by atoms with Crippen LogP contribution in [-0.4, -0.2) is 17.6 Å². The van der Waals surface area contributed by atoms with Crippen molar-refractivity contribution in [2.75, 3.05) is 6.61 Å². The molecule has 0 aliphatic heterocycles. The number of aliphatic hydroxyl groups excluding tert-OH is 1. The monoisotopic (exact) mass is 285 g/mol. The molecule has 0 fully saturated rings. The van der Waals surface area contributed by atoms with E-state index in [1.54, 1.807) is 0 Å². The Balaban J connectivity index is 2.03. The van der Waals surface area contributed by atoms with E-state index in [0.717, 1.165) is 16.0 Å². The first-order valence-corrected chi connectivity index (χ1v) is 7.04. The summed E-state index contributed by atoms with van der Waals surface area (Å²) in [7, 11) is 0. The third kappa shape index (κ3) is 3.70. The molecule has 2 N–H and O–H groups in total. The van der Waals surface area contributed by atoms with Crippen molar-refractivity contribution in [2.45, 2.75) is 13.5 Å². The highest BCUT2D eigenvalue weighted by molar-refractivity contribution is 7.14. The largest absolute Gasteiger partial charge is 0.384 e.